The molecule has 6 nitrogen and oxygen atoms in total. The SMILES string of the molecule is O=C(Nc1ccc2c(c1)COC2)NC1CCN(Cc2ccccn2)CC1. The van der Waals surface area contributed by atoms with E-state index in [4.69, 9.17) is 4.74 Å². The van der Waals surface area contributed by atoms with Gasteiger partial charge >= 0.3 is 6.03 Å². The van der Waals surface area contributed by atoms with Crippen LogP contribution in [-0.4, -0.2) is 35.0 Å². The predicted molar refractivity (Wildman–Crippen MR) is 99.6 cm³/mol. The molecule has 1 fully saturated rings. The van der Waals surface area contributed by atoms with E-state index in [2.05, 4.69) is 26.6 Å². The summed E-state index contributed by atoms with van der Waals surface area (Å²) in [6.45, 7) is 4.10. The third kappa shape index (κ3) is 4.20. The Balaban J connectivity index is 1.23. The third-order valence-electron chi connectivity index (χ3n) is 5.01. The molecule has 26 heavy (non-hydrogen) atoms. The van der Waals surface area contributed by atoms with Crippen molar-refractivity contribution in [1.29, 1.82) is 0 Å². The first-order valence-corrected chi connectivity index (χ1v) is 9.15. The first-order valence-electron chi connectivity index (χ1n) is 9.15. The van der Waals surface area contributed by atoms with Gasteiger partial charge in [-0.3, -0.25) is 9.88 Å². The summed E-state index contributed by atoms with van der Waals surface area (Å²) >= 11 is 0. The molecule has 1 aromatic heterocycles. The molecule has 1 aromatic carbocycles. The molecule has 2 N–H and O–H groups in total. The highest BCUT2D eigenvalue weighted by molar-refractivity contribution is 5.89. The molecule has 4 rings (SSSR count). The maximum atomic E-state index is 12.3. The van der Waals surface area contributed by atoms with Crippen LogP contribution in [0.1, 0.15) is 29.7 Å². The number of likely N-dealkylation sites (tertiary alicyclic amines) is 1. The minimum Gasteiger partial charge on any atom is -0.372 e. The number of aromatic nitrogens is 1. The lowest BCUT2D eigenvalue weighted by atomic mass is 10.0. The van der Waals surface area contributed by atoms with Crippen LogP contribution in [0.4, 0.5) is 10.5 Å². The van der Waals surface area contributed by atoms with Crippen molar-refractivity contribution in [2.75, 3.05) is 18.4 Å². The minimum absolute atomic E-state index is 0.132. The monoisotopic (exact) mass is 352 g/mol. The van der Waals surface area contributed by atoms with Gasteiger partial charge in [0.15, 0.2) is 0 Å². The van der Waals surface area contributed by atoms with E-state index in [0.29, 0.717) is 13.2 Å². The molecule has 2 aliphatic rings. The summed E-state index contributed by atoms with van der Waals surface area (Å²) < 4.78 is 5.41. The number of fused-ring (bicyclic) bond motifs is 1. The highest BCUT2D eigenvalue weighted by atomic mass is 16.5. The number of anilines is 1. The standard InChI is InChI=1S/C20H24N4O2/c25-20(23-18-5-4-15-13-26-14-16(15)11-18)22-17-6-9-24(10-7-17)12-19-3-1-2-8-21-19/h1-5,8,11,17H,6-7,9-10,12-14H2,(H2,22,23,25). The van der Waals surface area contributed by atoms with Gasteiger partial charge in [0.1, 0.15) is 0 Å². The number of benzene rings is 1. The summed E-state index contributed by atoms with van der Waals surface area (Å²) in [5.41, 5.74) is 4.28. The quantitative estimate of drug-likeness (QED) is 0.888. The second-order valence-electron chi connectivity index (χ2n) is 6.95. The number of hydrogen-bond donors (Lipinski definition) is 2. The number of hydrogen-bond acceptors (Lipinski definition) is 4. The molecule has 0 saturated carbocycles. The van der Waals surface area contributed by atoms with Crippen LogP contribution in [0.5, 0.6) is 0 Å². The number of carbonyl (C=O) groups excluding carboxylic acids is 1. The molecule has 136 valence electrons. The lowest BCUT2D eigenvalue weighted by molar-refractivity contribution is 0.134. The molecular formula is C20H24N4O2. The Bertz CT molecular complexity index is 758. The van der Waals surface area contributed by atoms with Crippen LogP contribution in [0.15, 0.2) is 42.6 Å². The van der Waals surface area contributed by atoms with Gasteiger partial charge in [-0.15, -0.1) is 0 Å². The zero-order valence-corrected chi connectivity index (χ0v) is 14.8. The molecule has 2 aromatic rings. The van der Waals surface area contributed by atoms with Gasteiger partial charge in [0.05, 0.1) is 18.9 Å². The Kier molecular flexibility index (Phi) is 5.13. The largest absolute Gasteiger partial charge is 0.372 e. The zero-order chi connectivity index (χ0) is 17.8. The number of piperidine rings is 1. The summed E-state index contributed by atoms with van der Waals surface area (Å²) in [4.78, 5) is 19.0. The predicted octanol–water partition coefficient (Wildman–Crippen LogP) is 2.90. The molecule has 0 atom stereocenters. The van der Waals surface area contributed by atoms with Gasteiger partial charge in [-0.25, -0.2) is 4.79 Å². The summed E-state index contributed by atoms with van der Waals surface area (Å²) in [5, 5.41) is 6.04. The summed E-state index contributed by atoms with van der Waals surface area (Å²) in [7, 11) is 0. The molecule has 1 saturated heterocycles. The van der Waals surface area contributed by atoms with Crippen LogP contribution < -0.4 is 10.6 Å². The number of urea groups is 1. The first-order chi connectivity index (χ1) is 12.8. The van der Waals surface area contributed by atoms with E-state index in [1.807, 2.05) is 36.5 Å². The van der Waals surface area contributed by atoms with Crippen LogP contribution in [-0.2, 0) is 24.5 Å². The van der Waals surface area contributed by atoms with Crippen LogP contribution in [0.25, 0.3) is 0 Å². The highest BCUT2D eigenvalue weighted by Crippen LogP contribution is 2.23. The van der Waals surface area contributed by atoms with Gasteiger partial charge < -0.3 is 15.4 Å². The Morgan fingerprint density at radius 3 is 2.81 bits per heavy atom. The average Bonchev–Trinajstić information content (AvgIpc) is 3.12. The molecule has 3 heterocycles. The van der Waals surface area contributed by atoms with Crippen LogP contribution in [0, 0.1) is 0 Å². The minimum atomic E-state index is -0.132. The first kappa shape index (κ1) is 17.0. The maximum Gasteiger partial charge on any atom is 0.319 e. The molecule has 2 amide bonds. The fraction of sp³-hybridized carbons (Fsp3) is 0.400. The normalized spacial score (nSPS) is 17.7. The van der Waals surface area contributed by atoms with Gasteiger partial charge in [-0.1, -0.05) is 12.1 Å². The van der Waals surface area contributed by atoms with Gasteiger partial charge in [-0.05, 0) is 48.2 Å². The molecule has 0 bridgehead atoms. The van der Waals surface area contributed by atoms with Gasteiger partial charge in [0.2, 0.25) is 0 Å². The van der Waals surface area contributed by atoms with Gasteiger partial charge in [0, 0.05) is 37.6 Å². The molecule has 2 aliphatic heterocycles. The molecule has 0 radical (unpaired) electrons. The number of nitrogens with one attached hydrogen (secondary N) is 2. The lowest BCUT2D eigenvalue weighted by Crippen LogP contribution is -2.45. The Hall–Kier alpha value is -2.44. The Labute approximate surface area is 153 Å². The second kappa shape index (κ2) is 7.85. The molecule has 0 aliphatic carbocycles. The highest BCUT2D eigenvalue weighted by Gasteiger charge is 2.21. The average molecular weight is 352 g/mol. The Morgan fingerprint density at radius 2 is 2.00 bits per heavy atom. The fourth-order valence-corrected chi connectivity index (χ4v) is 3.56. The maximum absolute atomic E-state index is 12.3. The summed E-state index contributed by atoms with van der Waals surface area (Å²) in [6.07, 6.45) is 3.75. The van der Waals surface area contributed by atoms with E-state index in [1.165, 1.54) is 5.56 Å². The van der Waals surface area contributed by atoms with Crippen molar-refractivity contribution in [3.8, 4) is 0 Å². The van der Waals surface area contributed by atoms with E-state index < -0.39 is 0 Å². The number of carbonyl (C=O) groups is 1. The van der Waals surface area contributed by atoms with Crippen molar-refractivity contribution < 1.29 is 9.53 Å². The number of ether oxygens (including phenoxy) is 1. The van der Waals surface area contributed by atoms with Crippen molar-refractivity contribution >= 4 is 11.7 Å². The molecule has 0 spiro atoms. The van der Waals surface area contributed by atoms with E-state index >= 15 is 0 Å². The third-order valence-corrected chi connectivity index (χ3v) is 5.01. The van der Waals surface area contributed by atoms with Crippen molar-refractivity contribution in [1.82, 2.24) is 15.2 Å². The number of amides is 2. The fourth-order valence-electron chi connectivity index (χ4n) is 3.56. The van der Waals surface area contributed by atoms with Gasteiger partial charge in [0.25, 0.3) is 0 Å². The van der Waals surface area contributed by atoms with Crippen LogP contribution in [0.3, 0.4) is 0 Å². The van der Waals surface area contributed by atoms with Crippen molar-refractivity contribution in [2.24, 2.45) is 0 Å². The van der Waals surface area contributed by atoms with Crippen molar-refractivity contribution in [3.05, 3.63) is 59.4 Å². The van der Waals surface area contributed by atoms with Crippen LogP contribution in [0.2, 0.25) is 0 Å². The number of pyridine rings is 1. The Morgan fingerprint density at radius 1 is 1.15 bits per heavy atom. The topological polar surface area (TPSA) is 66.5 Å². The lowest BCUT2D eigenvalue weighted by Gasteiger charge is -2.32. The van der Waals surface area contributed by atoms with E-state index in [0.717, 1.165) is 49.4 Å². The van der Waals surface area contributed by atoms with E-state index in [1.54, 1.807) is 0 Å². The van der Waals surface area contributed by atoms with Crippen molar-refractivity contribution in [3.63, 3.8) is 0 Å². The van der Waals surface area contributed by atoms with E-state index in [9.17, 15) is 4.79 Å². The number of nitrogens with zero attached hydrogens (tertiary/aromatic N) is 2. The van der Waals surface area contributed by atoms with Crippen molar-refractivity contribution in [2.45, 2.75) is 38.6 Å². The molecular weight excluding hydrogens is 328 g/mol. The summed E-state index contributed by atoms with van der Waals surface area (Å²) in [6, 6.07) is 12.0. The van der Waals surface area contributed by atoms with E-state index in [-0.39, 0.29) is 12.1 Å². The molecule has 6 heteroatoms. The van der Waals surface area contributed by atoms with Gasteiger partial charge in [-0.2, -0.15) is 0 Å². The molecule has 0 unspecified atom stereocenters. The smallest absolute Gasteiger partial charge is 0.319 e. The van der Waals surface area contributed by atoms with Crippen LogP contribution >= 0.6 is 0 Å². The second-order valence-corrected chi connectivity index (χ2v) is 6.95. The number of rotatable bonds is 4. The zero-order valence-electron chi connectivity index (χ0n) is 14.8. The summed E-state index contributed by atoms with van der Waals surface area (Å²) in [5.74, 6) is 0.